The summed E-state index contributed by atoms with van der Waals surface area (Å²) < 4.78 is 16.8. The van der Waals surface area contributed by atoms with E-state index < -0.39 is 0 Å². The first kappa shape index (κ1) is 35.1. The standard InChI is InChI=1S/C18H21NO2.C16H17NO2.C4H8O/c1-3-14-4-7-16(19-12-14)10-11-20-17-8-5-15(6-9-17)18-13(2)21-18;1-2-13-3-6-15(17-11-13)9-10-19-16-7-4-14(12-18)5-8-16;1-3-4(2)5/h4-9,12-13,18H,3,10-11H2,1-2H3;3-8,11-12H,2,9-10H2,1H3;3H2,1-2H3. The van der Waals surface area contributed by atoms with Gasteiger partial charge < -0.3 is 19.0 Å². The second kappa shape index (κ2) is 19.1. The number of hydrogen-bond donors (Lipinski definition) is 0. The number of ketones is 1. The molecule has 3 heterocycles. The van der Waals surface area contributed by atoms with Gasteiger partial charge >= 0.3 is 0 Å². The molecule has 2 unspecified atom stereocenters. The Bertz CT molecular complexity index is 1420. The van der Waals surface area contributed by atoms with Crippen molar-refractivity contribution in [3.63, 3.8) is 0 Å². The topological polar surface area (TPSA) is 90.9 Å². The van der Waals surface area contributed by atoms with E-state index in [4.69, 9.17) is 14.2 Å². The third-order valence-electron chi connectivity index (χ3n) is 7.28. The van der Waals surface area contributed by atoms with Crippen LogP contribution in [-0.2, 0) is 35.2 Å². The van der Waals surface area contributed by atoms with E-state index in [1.165, 1.54) is 16.7 Å². The van der Waals surface area contributed by atoms with Crippen molar-refractivity contribution in [2.24, 2.45) is 0 Å². The maximum Gasteiger partial charge on any atom is 0.150 e. The highest BCUT2D eigenvalue weighted by atomic mass is 16.6. The number of aryl methyl sites for hydroxylation is 2. The minimum absolute atomic E-state index is 0.255. The molecule has 5 rings (SSSR count). The first-order valence-electron chi connectivity index (χ1n) is 15.8. The van der Waals surface area contributed by atoms with Crippen molar-refractivity contribution >= 4 is 12.1 Å². The fraction of sp³-hybridized carbons (Fsp3) is 0.368. The molecule has 0 amide bonds. The molecule has 2 atom stereocenters. The third kappa shape index (κ3) is 13.0. The van der Waals surface area contributed by atoms with Crippen LogP contribution in [0.3, 0.4) is 0 Å². The predicted octanol–water partition coefficient (Wildman–Crippen LogP) is 7.79. The maximum atomic E-state index is 10.5. The summed E-state index contributed by atoms with van der Waals surface area (Å²) in [5, 5.41) is 0. The van der Waals surface area contributed by atoms with Crippen LogP contribution in [0.15, 0.2) is 85.2 Å². The molecule has 0 aliphatic carbocycles. The Hall–Kier alpha value is -4.36. The van der Waals surface area contributed by atoms with Gasteiger partial charge in [-0.1, -0.05) is 45.0 Å². The quantitative estimate of drug-likeness (QED) is 0.113. The highest BCUT2D eigenvalue weighted by Gasteiger charge is 2.35. The van der Waals surface area contributed by atoms with E-state index in [1.807, 2.05) is 37.5 Å². The molecule has 0 radical (unpaired) electrons. The molecule has 4 aromatic rings. The van der Waals surface area contributed by atoms with E-state index in [-0.39, 0.29) is 11.9 Å². The lowest BCUT2D eigenvalue weighted by molar-refractivity contribution is -0.116. The number of carbonyl (C=O) groups excluding carboxylic acids is 2. The lowest BCUT2D eigenvalue weighted by atomic mass is 10.1. The molecule has 2 aromatic carbocycles. The van der Waals surface area contributed by atoms with Gasteiger partial charge in [0, 0.05) is 48.6 Å². The van der Waals surface area contributed by atoms with Crippen LogP contribution in [0, 0.1) is 0 Å². The van der Waals surface area contributed by atoms with Crippen LogP contribution in [0.5, 0.6) is 11.5 Å². The Kier molecular flexibility index (Phi) is 14.9. The first-order valence-corrected chi connectivity index (χ1v) is 15.8. The van der Waals surface area contributed by atoms with Gasteiger partial charge in [0.05, 0.1) is 19.3 Å². The Morgan fingerprint density at radius 2 is 1.20 bits per heavy atom. The Labute approximate surface area is 268 Å². The molecule has 1 aliphatic heterocycles. The van der Waals surface area contributed by atoms with Crippen LogP contribution in [0.4, 0.5) is 0 Å². The molecule has 1 saturated heterocycles. The van der Waals surface area contributed by atoms with Gasteiger partial charge in [-0.2, -0.15) is 0 Å². The molecule has 0 spiro atoms. The van der Waals surface area contributed by atoms with Crippen LogP contribution < -0.4 is 9.47 Å². The fourth-order valence-corrected chi connectivity index (χ4v) is 4.10. The summed E-state index contributed by atoms with van der Waals surface area (Å²) in [6, 6.07) is 23.6. The van der Waals surface area contributed by atoms with Gasteiger partial charge in [0.15, 0.2) is 0 Å². The number of ether oxygens (including phenoxy) is 3. The third-order valence-corrected chi connectivity index (χ3v) is 7.28. The van der Waals surface area contributed by atoms with Crippen LogP contribution >= 0.6 is 0 Å². The monoisotopic (exact) mass is 610 g/mol. The highest BCUT2D eigenvalue weighted by molar-refractivity contribution is 5.75. The molecule has 1 fully saturated rings. The molecule has 0 saturated carbocycles. The van der Waals surface area contributed by atoms with E-state index in [1.54, 1.807) is 31.2 Å². The number of Topliss-reactive ketones (excluding diaryl/α,β-unsaturated/α-hetero) is 1. The summed E-state index contributed by atoms with van der Waals surface area (Å²) in [5.41, 5.74) is 6.50. The largest absolute Gasteiger partial charge is 0.493 e. The van der Waals surface area contributed by atoms with Gasteiger partial charge in [-0.25, -0.2) is 0 Å². The molecule has 0 N–H and O–H groups in total. The zero-order valence-electron chi connectivity index (χ0n) is 27.2. The average Bonchev–Trinajstić information content (AvgIpc) is 3.82. The van der Waals surface area contributed by atoms with E-state index in [2.05, 4.69) is 61.1 Å². The lowest BCUT2D eigenvalue weighted by Crippen LogP contribution is -2.03. The minimum atomic E-state index is 0.255. The molecule has 1 aliphatic rings. The average molecular weight is 611 g/mol. The van der Waals surface area contributed by atoms with Gasteiger partial charge in [0.25, 0.3) is 0 Å². The predicted molar refractivity (Wildman–Crippen MR) is 178 cm³/mol. The van der Waals surface area contributed by atoms with E-state index >= 15 is 0 Å². The summed E-state index contributed by atoms with van der Waals surface area (Å²) in [5.74, 6) is 1.93. The summed E-state index contributed by atoms with van der Waals surface area (Å²) in [7, 11) is 0. The Morgan fingerprint density at radius 3 is 1.53 bits per heavy atom. The smallest absolute Gasteiger partial charge is 0.150 e. The second-order valence-electron chi connectivity index (χ2n) is 10.8. The molecule has 238 valence electrons. The normalized spacial score (nSPS) is 14.6. The molecule has 0 bridgehead atoms. The van der Waals surface area contributed by atoms with Crippen molar-refractivity contribution in [2.75, 3.05) is 13.2 Å². The van der Waals surface area contributed by atoms with Crippen molar-refractivity contribution in [1.82, 2.24) is 9.97 Å². The molecular weight excluding hydrogens is 564 g/mol. The van der Waals surface area contributed by atoms with Crippen molar-refractivity contribution in [3.8, 4) is 11.5 Å². The number of hydrogen-bond acceptors (Lipinski definition) is 7. The zero-order valence-corrected chi connectivity index (χ0v) is 27.2. The maximum absolute atomic E-state index is 10.5. The van der Waals surface area contributed by atoms with Gasteiger partial charge in [-0.3, -0.25) is 14.8 Å². The van der Waals surface area contributed by atoms with Crippen molar-refractivity contribution in [1.29, 1.82) is 0 Å². The molecule has 2 aromatic heterocycles. The summed E-state index contributed by atoms with van der Waals surface area (Å²) in [6.45, 7) is 11.0. The van der Waals surface area contributed by atoms with Crippen molar-refractivity contribution in [2.45, 2.75) is 78.9 Å². The molecule has 7 heteroatoms. The van der Waals surface area contributed by atoms with E-state index in [9.17, 15) is 9.59 Å². The first-order chi connectivity index (χ1) is 21.8. The van der Waals surface area contributed by atoms with Crippen LogP contribution in [0.1, 0.15) is 85.6 Å². The number of carbonyl (C=O) groups is 2. The SMILES string of the molecule is CCC(C)=O.CCc1ccc(CCOc2ccc(C3OC3C)cc2)nc1.CCc1ccc(CCOc2ccc(C=O)cc2)nc1. The van der Waals surface area contributed by atoms with Gasteiger partial charge in [0.2, 0.25) is 0 Å². The number of nitrogens with zero attached hydrogens (tertiary/aromatic N) is 2. The van der Waals surface area contributed by atoms with Crippen LogP contribution in [0.25, 0.3) is 0 Å². The number of rotatable bonds is 13. The lowest BCUT2D eigenvalue weighted by Gasteiger charge is -2.07. The van der Waals surface area contributed by atoms with Crippen molar-refractivity contribution in [3.05, 3.63) is 119 Å². The zero-order chi connectivity index (χ0) is 32.4. The van der Waals surface area contributed by atoms with Crippen LogP contribution in [-0.4, -0.2) is 41.4 Å². The van der Waals surface area contributed by atoms with Gasteiger partial charge in [-0.15, -0.1) is 0 Å². The second-order valence-corrected chi connectivity index (χ2v) is 10.8. The Balaban J connectivity index is 0.000000215. The number of pyridine rings is 2. The van der Waals surface area contributed by atoms with Gasteiger partial charge in [-0.05, 0) is 91.9 Å². The summed E-state index contributed by atoms with van der Waals surface area (Å²) in [4.78, 5) is 29.2. The van der Waals surface area contributed by atoms with E-state index in [0.29, 0.717) is 31.3 Å². The van der Waals surface area contributed by atoms with Gasteiger partial charge in [0.1, 0.15) is 29.7 Å². The number of aromatic nitrogens is 2. The fourth-order valence-electron chi connectivity index (χ4n) is 4.10. The molecule has 7 nitrogen and oxygen atoms in total. The number of epoxide rings is 1. The van der Waals surface area contributed by atoms with Crippen LogP contribution in [0.2, 0.25) is 0 Å². The van der Waals surface area contributed by atoms with Crippen molar-refractivity contribution < 1.29 is 23.8 Å². The molecular formula is C38H46N2O5. The number of aldehydes is 1. The minimum Gasteiger partial charge on any atom is -0.493 e. The summed E-state index contributed by atoms with van der Waals surface area (Å²) in [6.07, 6.45) is 9.62. The Morgan fingerprint density at radius 1 is 0.756 bits per heavy atom. The summed E-state index contributed by atoms with van der Waals surface area (Å²) >= 11 is 0. The highest BCUT2D eigenvalue weighted by Crippen LogP contribution is 2.38. The number of benzene rings is 2. The molecule has 45 heavy (non-hydrogen) atoms. The van der Waals surface area contributed by atoms with E-state index in [0.717, 1.165) is 54.9 Å².